The van der Waals surface area contributed by atoms with Gasteiger partial charge in [-0.3, -0.25) is 0 Å². The van der Waals surface area contributed by atoms with Gasteiger partial charge in [-0.15, -0.1) is 47.0 Å². The lowest BCUT2D eigenvalue weighted by Crippen LogP contribution is -2.34. The Balaban J connectivity index is 2.47. The molecule has 120 valence electrons. The van der Waals surface area contributed by atoms with E-state index in [0.29, 0.717) is 8.66 Å². The third-order valence-electron chi connectivity index (χ3n) is 2.93. The summed E-state index contributed by atoms with van der Waals surface area (Å²) in [6.07, 6.45) is 2.66. The van der Waals surface area contributed by atoms with Gasteiger partial charge in [0.25, 0.3) is 0 Å². The minimum absolute atomic E-state index is 0.435. The molecule has 0 aromatic rings. The van der Waals surface area contributed by atoms with E-state index in [9.17, 15) is 0 Å². The van der Waals surface area contributed by atoms with Gasteiger partial charge in [0.1, 0.15) is 0 Å². The van der Waals surface area contributed by atoms with E-state index < -0.39 is 0 Å². The Morgan fingerprint density at radius 1 is 1.00 bits per heavy atom. The van der Waals surface area contributed by atoms with Gasteiger partial charge in [0.15, 0.2) is 0 Å². The summed E-state index contributed by atoms with van der Waals surface area (Å²) in [7, 11) is 0. The summed E-state index contributed by atoms with van der Waals surface area (Å²) in [5, 5.41) is 0. The molecule has 0 aromatic heterocycles. The van der Waals surface area contributed by atoms with Crippen molar-refractivity contribution in [2.75, 3.05) is 46.0 Å². The van der Waals surface area contributed by atoms with E-state index in [-0.39, 0.29) is 0 Å². The van der Waals surface area contributed by atoms with Crippen molar-refractivity contribution >= 4 is 84.1 Å². The molecule has 1 saturated heterocycles. The van der Waals surface area contributed by atoms with E-state index in [1.165, 1.54) is 47.4 Å². The predicted molar refractivity (Wildman–Crippen MR) is 116 cm³/mol. The summed E-state index contributed by atoms with van der Waals surface area (Å²) in [6, 6.07) is 0. The standard InChI is InChI=1S/C13H26S7/c1-2-13(19-6-3-7-20-13)12(17-9-5-15)18-11-10-16-8-4-14/h12,14-15H,2-11H2,1H3. The van der Waals surface area contributed by atoms with Gasteiger partial charge in [-0.05, 0) is 35.9 Å². The third-order valence-corrected chi connectivity index (χ3v) is 12.6. The highest BCUT2D eigenvalue weighted by molar-refractivity contribution is 8.24. The van der Waals surface area contributed by atoms with E-state index in [1.807, 2.05) is 11.8 Å². The van der Waals surface area contributed by atoms with Crippen LogP contribution < -0.4 is 0 Å². The molecule has 0 bridgehead atoms. The van der Waals surface area contributed by atoms with E-state index >= 15 is 0 Å². The zero-order chi connectivity index (χ0) is 14.7. The first-order valence-electron chi connectivity index (χ1n) is 7.09. The molecule has 1 fully saturated rings. The number of thioether (sulfide) groups is 5. The molecule has 0 aromatic carbocycles. The van der Waals surface area contributed by atoms with Crippen molar-refractivity contribution in [1.82, 2.24) is 0 Å². The van der Waals surface area contributed by atoms with E-state index in [0.717, 1.165) is 11.5 Å². The van der Waals surface area contributed by atoms with Gasteiger partial charge >= 0.3 is 0 Å². The highest BCUT2D eigenvalue weighted by atomic mass is 32.2. The van der Waals surface area contributed by atoms with Gasteiger partial charge in [0.05, 0.1) is 8.66 Å². The van der Waals surface area contributed by atoms with Crippen molar-refractivity contribution in [2.24, 2.45) is 0 Å². The summed E-state index contributed by atoms with van der Waals surface area (Å²) < 4.78 is 1.15. The minimum atomic E-state index is 0.435. The zero-order valence-electron chi connectivity index (χ0n) is 12.1. The van der Waals surface area contributed by atoms with Crippen LogP contribution in [0.25, 0.3) is 0 Å². The molecule has 1 heterocycles. The summed E-state index contributed by atoms with van der Waals surface area (Å²) in [5.41, 5.74) is 0. The Hall–Kier alpha value is 2.45. The van der Waals surface area contributed by atoms with Gasteiger partial charge in [-0.25, -0.2) is 0 Å². The van der Waals surface area contributed by atoms with Crippen LogP contribution in [-0.4, -0.2) is 54.7 Å². The molecule has 1 atom stereocenters. The van der Waals surface area contributed by atoms with Crippen molar-refractivity contribution in [2.45, 2.75) is 28.4 Å². The fraction of sp³-hybridized carbons (Fsp3) is 1.00. The second kappa shape index (κ2) is 12.8. The normalized spacial score (nSPS) is 19.9. The fourth-order valence-electron chi connectivity index (χ4n) is 1.94. The molecule has 0 aliphatic carbocycles. The van der Waals surface area contributed by atoms with Crippen LogP contribution >= 0.6 is 84.1 Å². The van der Waals surface area contributed by atoms with Crippen LogP contribution in [0.4, 0.5) is 0 Å². The monoisotopic (exact) mass is 406 g/mol. The average molecular weight is 407 g/mol. The molecular weight excluding hydrogens is 381 g/mol. The topological polar surface area (TPSA) is 0 Å². The minimum Gasteiger partial charge on any atom is -0.179 e. The van der Waals surface area contributed by atoms with Gasteiger partial charge < -0.3 is 0 Å². The third kappa shape index (κ3) is 7.35. The maximum Gasteiger partial charge on any atom is 0.0817 e. The van der Waals surface area contributed by atoms with Crippen molar-refractivity contribution in [3.05, 3.63) is 0 Å². The number of hydrogen-bond donors (Lipinski definition) is 2. The Morgan fingerprint density at radius 3 is 2.25 bits per heavy atom. The van der Waals surface area contributed by atoms with E-state index in [1.54, 1.807) is 0 Å². The van der Waals surface area contributed by atoms with E-state index in [2.05, 4.69) is 79.2 Å². The van der Waals surface area contributed by atoms with Crippen LogP contribution in [-0.2, 0) is 0 Å². The van der Waals surface area contributed by atoms with Gasteiger partial charge in [0, 0.05) is 23.0 Å². The lowest BCUT2D eigenvalue weighted by Gasteiger charge is -2.41. The molecule has 0 N–H and O–H groups in total. The lowest BCUT2D eigenvalue weighted by atomic mass is 10.3. The Labute approximate surface area is 157 Å². The molecular formula is C13H26S7. The van der Waals surface area contributed by atoms with Crippen molar-refractivity contribution in [3.63, 3.8) is 0 Å². The second-order valence-electron chi connectivity index (χ2n) is 4.35. The summed E-state index contributed by atoms with van der Waals surface area (Å²) in [4.78, 5) is 0. The molecule has 1 unspecified atom stereocenters. The Morgan fingerprint density at radius 2 is 1.65 bits per heavy atom. The molecule has 1 rings (SSSR count). The first kappa shape index (κ1) is 20.5. The molecule has 1 aliphatic heterocycles. The maximum absolute atomic E-state index is 4.40. The van der Waals surface area contributed by atoms with Gasteiger partial charge in [0.2, 0.25) is 0 Å². The van der Waals surface area contributed by atoms with Crippen molar-refractivity contribution < 1.29 is 0 Å². The smallest absolute Gasteiger partial charge is 0.0817 e. The van der Waals surface area contributed by atoms with Crippen LogP contribution in [0.2, 0.25) is 0 Å². The van der Waals surface area contributed by atoms with Crippen LogP contribution in [0.3, 0.4) is 0 Å². The molecule has 0 amide bonds. The maximum atomic E-state index is 4.40. The fourth-order valence-corrected chi connectivity index (χ4v) is 10.8. The largest absolute Gasteiger partial charge is 0.179 e. The van der Waals surface area contributed by atoms with Gasteiger partial charge in [-0.1, -0.05) is 6.92 Å². The predicted octanol–water partition coefficient (Wildman–Crippen LogP) is 5.35. The number of rotatable bonds is 11. The molecule has 20 heavy (non-hydrogen) atoms. The number of hydrogen-bond acceptors (Lipinski definition) is 7. The molecule has 0 radical (unpaired) electrons. The SMILES string of the molecule is CCC1(C(SCCS)SCCSCCS)SCCCS1. The van der Waals surface area contributed by atoms with Gasteiger partial charge in [-0.2, -0.15) is 37.0 Å². The number of thiol groups is 2. The van der Waals surface area contributed by atoms with Crippen LogP contribution in [0.15, 0.2) is 0 Å². The van der Waals surface area contributed by atoms with E-state index in [4.69, 9.17) is 0 Å². The summed E-state index contributed by atoms with van der Waals surface area (Å²) >= 11 is 19.5. The van der Waals surface area contributed by atoms with Crippen LogP contribution in [0.5, 0.6) is 0 Å². The van der Waals surface area contributed by atoms with Crippen LogP contribution in [0, 0.1) is 0 Å². The first-order chi connectivity index (χ1) is 9.79. The van der Waals surface area contributed by atoms with Crippen molar-refractivity contribution in [3.8, 4) is 0 Å². The highest BCUT2D eigenvalue weighted by Gasteiger charge is 2.40. The Kier molecular flexibility index (Phi) is 13.1. The Bertz CT molecular complexity index is 231. The summed E-state index contributed by atoms with van der Waals surface area (Å²) in [5.74, 6) is 9.56. The van der Waals surface area contributed by atoms with Crippen LogP contribution in [0.1, 0.15) is 19.8 Å². The molecule has 0 saturated carbocycles. The lowest BCUT2D eigenvalue weighted by molar-refractivity contribution is 0.818. The highest BCUT2D eigenvalue weighted by Crippen LogP contribution is 2.54. The quantitative estimate of drug-likeness (QED) is 0.269. The first-order valence-corrected chi connectivity index (χ1v) is 13.6. The second-order valence-corrected chi connectivity index (χ2v) is 12.3. The molecule has 0 spiro atoms. The molecule has 0 nitrogen and oxygen atoms in total. The average Bonchev–Trinajstić information content (AvgIpc) is 2.50. The molecule has 1 aliphatic rings. The molecule has 7 heteroatoms. The summed E-state index contributed by atoms with van der Waals surface area (Å²) in [6.45, 7) is 2.37. The van der Waals surface area contributed by atoms with Crippen molar-refractivity contribution in [1.29, 1.82) is 0 Å². The zero-order valence-corrected chi connectivity index (χ0v) is 18.0.